The van der Waals surface area contributed by atoms with Crippen molar-refractivity contribution in [2.45, 2.75) is 5.22 Å². The molecule has 0 aliphatic rings. The van der Waals surface area contributed by atoms with E-state index in [2.05, 4.69) is 4.98 Å². The van der Waals surface area contributed by atoms with Gasteiger partial charge in [-0.3, -0.25) is 0 Å². The topological polar surface area (TPSA) is 26.0 Å². The summed E-state index contributed by atoms with van der Waals surface area (Å²) >= 11 is 17.5. The fraction of sp³-hybridized carbons (Fsp3) is 0. The summed E-state index contributed by atoms with van der Waals surface area (Å²) < 4.78 is 2.98. The van der Waals surface area contributed by atoms with Gasteiger partial charge in [0.1, 0.15) is 5.52 Å². The van der Waals surface area contributed by atoms with E-state index >= 15 is 0 Å². The molecule has 0 spiro atoms. The summed E-state index contributed by atoms with van der Waals surface area (Å²) in [4.78, 5) is 4.19. The molecule has 0 saturated carbocycles. The molecule has 1 aromatic carbocycles. The van der Waals surface area contributed by atoms with Crippen molar-refractivity contribution in [1.82, 2.24) is 4.98 Å². The molecule has 0 saturated heterocycles. The minimum Gasteiger partial charge on any atom is -0.431 e. The van der Waals surface area contributed by atoms with E-state index in [0.29, 0.717) is 10.8 Å². The number of para-hydroxylation sites is 2. The maximum Gasteiger partial charge on any atom is 0.264 e. The molecule has 7 heteroatoms. The minimum atomic E-state index is -2.40. The van der Waals surface area contributed by atoms with Gasteiger partial charge in [-0.05, 0) is 12.1 Å². The van der Waals surface area contributed by atoms with Crippen molar-refractivity contribution in [3.63, 3.8) is 0 Å². The maximum atomic E-state index is 5.75. The van der Waals surface area contributed by atoms with E-state index in [1.165, 1.54) is 0 Å². The Hall–Kier alpha value is 0.270. The fourth-order valence-electron chi connectivity index (χ4n) is 0.981. The van der Waals surface area contributed by atoms with Crippen LogP contribution in [0.3, 0.4) is 0 Å². The predicted molar refractivity (Wildman–Crippen MR) is 65.9 cm³/mol. The van der Waals surface area contributed by atoms with E-state index in [-0.39, 0.29) is 0 Å². The molecule has 0 bridgehead atoms. The zero-order valence-electron chi connectivity index (χ0n) is 6.68. The van der Waals surface area contributed by atoms with Gasteiger partial charge in [0.05, 0.1) is 0 Å². The van der Waals surface area contributed by atoms with Crippen molar-refractivity contribution in [2.75, 3.05) is 0 Å². The molecule has 2 nitrogen and oxygen atoms in total. The van der Waals surface area contributed by atoms with E-state index in [9.17, 15) is 0 Å². The number of rotatable bonds is 2. The SMILES string of the molecule is S=P(Cl)(Cl)Sc1nc2ccccc2o1. The predicted octanol–water partition coefficient (Wildman–Crippen LogP) is 4.62. The molecule has 0 aliphatic carbocycles. The number of fused-ring (bicyclic) bond motifs is 1. The highest BCUT2D eigenvalue weighted by Gasteiger charge is 2.15. The third-order valence-electron chi connectivity index (χ3n) is 1.46. The van der Waals surface area contributed by atoms with E-state index in [4.69, 9.17) is 38.7 Å². The third kappa shape index (κ3) is 2.65. The Morgan fingerprint density at radius 3 is 2.71 bits per heavy atom. The zero-order chi connectivity index (χ0) is 10.2. The second-order valence-electron chi connectivity index (χ2n) is 2.45. The summed E-state index contributed by atoms with van der Waals surface area (Å²) in [6.45, 7) is 0. The van der Waals surface area contributed by atoms with E-state index in [0.717, 1.165) is 16.9 Å². The van der Waals surface area contributed by atoms with Crippen LogP contribution in [0.15, 0.2) is 33.9 Å². The first kappa shape index (κ1) is 10.8. The molecule has 1 heterocycles. The summed E-state index contributed by atoms with van der Waals surface area (Å²) in [7, 11) is 0. The Bertz CT molecular complexity index is 476. The fourth-order valence-corrected chi connectivity index (χ4v) is 3.85. The van der Waals surface area contributed by atoms with Crippen molar-refractivity contribution in [3.05, 3.63) is 24.3 Å². The molecule has 0 radical (unpaired) electrons. The van der Waals surface area contributed by atoms with Crippen LogP contribution in [0.5, 0.6) is 0 Å². The number of aromatic nitrogens is 1. The molecule has 2 aromatic rings. The Kier molecular flexibility index (Phi) is 3.10. The molecule has 0 fully saturated rings. The van der Waals surface area contributed by atoms with Gasteiger partial charge in [0.25, 0.3) is 5.22 Å². The van der Waals surface area contributed by atoms with Crippen LogP contribution in [0.2, 0.25) is 0 Å². The van der Waals surface area contributed by atoms with Crippen molar-refractivity contribution < 1.29 is 4.42 Å². The number of hydrogen-bond donors (Lipinski definition) is 0. The average molecular weight is 284 g/mol. The molecular weight excluding hydrogens is 280 g/mol. The largest absolute Gasteiger partial charge is 0.431 e. The molecule has 0 atom stereocenters. The summed E-state index contributed by atoms with van der Waals surface area (Å²) in [5.74, 6) is 0. The van der Waals surface area contributed by atoms with Crippen LogP contribution in [0.25, 0.3) is 11.1 Å². The highest BCUT2D eigenvalue weighted by molar-refractivity contribution is 8.85. The summed E-state index contributed by atoms with van der Waals surface area (Å²) in [6.07, 6.45) is 0. The molecular formula is C7H4Cl2NOPS2. The first-order valence-electron chi connectivity index (χ1n) is 3.59. The van der Waals surface area contributed by atoms with Gasteiger partial charge in [-0.25, -0.2) is 4.98 Å². The molecule has 0 unspecified atom stereocenters. The lowest BCUT2D eigenvalue weighted by Crippen LogP contribution is -1.65. The summed E-state index contributed by atoms with van der Waals surface area (Å²) in [6, 6.07) is 7.45. The normalized spacial score (nSPS) is 12.1. The van der Waals surface area contributed by atoms with Gasteiger partial charge in [0, 0.05) is 11.4 Å². The van der Waals surface area contributed by atoms with Gasteiger partial charge in [-0.2, -0.15) is 0 Å². The van der Waals surface area contributed by atoms with Crippen molar-refractivity contribution in [3.8, 4) is 0 Å². The molecule has 14 heavy (non-hydrogen) atoms. The Morgan fingerprint density at radius 1 is 1.36 bits per heavy atom. The summed E-state index contributed by atoms with van der Waals surface area (Å²) in [5, 5.41) is 0.430. The monoisotopic (exact) mass is 283 g/mol. The van der Waals surface area contributed by atoms with Crippen LogP contribution >= 0.6 is 37.8 Å². The number of halogens is 2. The van der Waals surface area contributed by atoms with E-state index in [1.54, 1.807) is 0 Å². The number of benzene rings is 1. The van der Waals surface area contributed by atoms with Crippen LogP contribution in [0, 0.1) is 0 Å². The first-order chi connectivity index (χ1) is 6.54. The van der Waals surface area contributed by atoms with Crippen LogP contribution in [0.1, 0.15) is 0 Å². The Labute approximate surface area is 99.3 Å². The van der Waals surface area contributed by atoms with Crippen LogP contribution < -0.4 is 0 Å². The molecule has 0 N–H and O–H groups in total. The number of nitrogens with zero attached hydrogens (tertiary/aromatic N) is 1. The van der Waals surface area contributed by atoms with Crippen LogP contribution in [0.4, 0.5) is 0 Å². The minimum absolute atomic E-state index is 0.430. The second-order valence-corrected chi connectivity index (χ2v) is 14.3. The smallest absolute Gasteiger partial charge is 0.264 e. The first-order valence-corrected chi connectivity index (χ1v) is 9.62. The Balaban J connectivity index is 2.41. The molecule has 0 aliphatic heterocycles. The molecule has 74 valence electrons. The van der Waals surface area contributed by atoms with Crippen LogP contribution in [-0.4, -0.2) is 4.98 Å². The van der Waals surface area contributed by atoms with Crippen molar-refractivity contribution in [2.24, 2.45) is 0 Å². The lowest BCUT2D eigenvalue weighted by Gasteiger charge is -1.97. The lowest BCUT2D eigenvalue weighted by molar-refractivity contribution is 0.491. The highest BCUT2D eigenvalue weighted by atomic mass is 35.9. The standard InChI is InChI=1S/C7H4Cl2NOPS2/c8-12(9,13)14-7-10-5-3-1-2-4-6(5)11-7/h1-4H. The second kappa shape index (κ2) is 4.03. The lowest BCUT2D eigenvalue weighted by atomic mass is 10.3. The zero-order valence-corrected chi connectivity index (χ0v) is 10.7. The van der Waals surface area contributed by atoms with Gasteiger partial charge in [0.2, 0.25) is 0 Å². The molecule has 2 rings (SSSR count). The third-order valence-corrected chi connectivity index (χ3v) is 5.02. The number of oxazole rings is 1. The quantitative estimate of drug-likeness (QED) is 0.751. The van der Waals surface area contributed by atoms with Gasteiger partial charge < -0.3 is 4.42 Å². The number of hydrogen-bond acceptors (Lipinski definition) is 4. The van der Waals surface area contributed by atoms with E-state index in [1.807, 2.05) is 24.3 Å². The van der Waals surface area contributed by atoms with Crippen LogP contribution in [-0.2, 0) is 11.8 Å². The van der Waals surface area contributed by atoms with Gasteiger partial charge >= 0.3 is 0 Å². The average Bonchev–Trinajstić information content (AvgIpc) is 2.42. The molecule has 1 aromatic heterocycles. The van der Waals surface area contributed by atoms with Crippen molar-refractivity contribution in [1.29, 1.82) is 0 Å². The van der Waals surface area contributed by atoms with Gasteiger partial charge in [-0.15, -0.1) is 0 Å². The summed E-state index contributed by atoms with van der Waals surface area (Å²) in [5.41, 5.74) is 1.50. The molecule has 0 amide bonds. The highest BCUT2D eigenvalue weighted by Crippen LogP contribution is 2.70. The maximum absolute atomic E-state index is 5.75. The van der Waals surface area contributed by atoms with Crippen molar-refractivity contribution >= 4 is 60.7 Å². The van der Waals surface area contributed by atoms with Gasteiger partial charge in [0.15, 0.2) is 9.53 Å². The van der Waals surface area contributed by atoms with E-state index < -0.39 is 3.95 Å². The van der Waals surface area contributed by atoms with Gasteiger partial charge in [-0.1, -0.05) is 46.4 Å². The Morgan fingerprint density at radius 2 is 2.07 bits per heavy atom.